The summed E-state index contributed by atoms with van der Waals surface area (Å²) in [5.74, 6) is 0. The fourth-order valence-electron chi connectivity index (χ4n) is 2.32. The highest BCUT2D eigenvalue weighted by molar-refractivity contribution is 7.89. The van der Waals surface area contributed by atoms with Crippen molar-refractivity contribution in [3.05, 3.63) is 33.3 Å². The minimum Gasteiger partial charge on any atom is -0.391 e. The van der Waals surface area contributed by atoms with Crippen molar-refractivity contribution in [3.63, 3.8) is 0 Å². The number of benzene rings is 1. The number of nitro groups is 1. The summed E-state index contributed by atoms with van der Waals surface area (Å²) in [6, 6.07) is 2.72. The lowest BCUT2D eigenvalue weighted by Gasteiger charge is -2.28. The van der Waals surface area contributed by atoms with Crippen LogP contribution < -0.4 is 4.72 Å². The molecule has 1 aliphatic carbocycles. The summed E-state index contributed by atoms with van der Waals surface area (Å²) in [7, 11) is -3.94. The van der Waals surface area contributed by atoms with E-state index in [2.05, 4.69) is 4.72 Å². The van der Waals surface area contributed by atoms with E-state index in [1.807, 2.05) is 0 Å². The Labute approximate surface area is 127 Å². The first-order valence-electron chi connectivity index (χ1n) is 6.45. The summed E-state index contributed by atoms with van der Waals surface area (Å²) in [6.45, 7) is 0. The van der Waals surface area contributed by atoms with Crippen LogP contribution in [0.4, 0.5) is 5.69 Å². The molecule has 1 fully saturated rings. The van der Waals surface area contributed by atoms with E-state index in [4.69, 9.17) is 11.6 Å². The zero-order valence-electron chi connectivity index (χ0n) is 11.0. The normalized spacial score (nSPS) is 23.0. The van der Waals surface area contributed by atoms with Gasteiger partial charge in [0.15, 0.2) is 0 Å². The second-order valence-corrected chi connectivity index (χ2v) is 7.07. The monoisotopic (exact) mass is 334 g/mol. The summed E-state index contributed by atoms with van der Waals surface area (Å²) >= 11 is 5.66. The third kappa shape index (κ3) is 3.70. The SMILES string of the molecule is O=[N+]([O-])c1cc(S(=O)(=O)N[C@H]2CCCC[C@@H]2O)ccc1Cl. The molecule has 2 N–H and O–H groups in total. The van der Waals surface area contributed by atoms with Crippen molar-refractivity contribution in [3.8, 4) is 0 Å². The van der Waals surface area contributed by atoms with Crippen molar-refractivity contribution in [1.82, 2.24) is 4.72 Å². The minimum atomic E-state index is -3.94. The number of nitro benzene ring substituents is 1. The summed E-state index contributed by atoms with van der Waals surface area (Å²) < 4.78 is 26.9. The highest BCUT2D eigenvalue weighted by Crippen LogP contribution is 2.28. The average Bonchev–Trinajstić information content (AvgIpc) is 2.41. The van der Waals surface area contributed by atoms with Crippen molar-refractivity contribution in [2.45, 2.75) is 42.7 Å². The Morgan fingerprint density at radius 2 is 2.00 bits per heavy atom. The summed E-state index contributed by atoms with van der Waals surface area (Å²) in [6.07, 6.45) is 2.01. The molecule has 21 heavy (non-hydrogen) atoms. The second kappa shape index (κ2) is 6.27. The van der Waals surface area contributed by atoms with Gasteiger partial charge in [0, 0.05) is 12.1 Å². The maximum absolute atomic E-state index is 12.2. The number of aliphatic hydroxyl groups is 1. The van der Waals surface area contributed by atoms with Gasteiger partial charge in [-0.1, -0.05) is 24.4 Å². The number of nitrogens with zero attached hydrogens (tertiary/aromatic N) is 1. The summed E-state index contributed by atoms with van der Waals surface area (Å²) in [4.78, 5) is 9.83. The molecule has 116 valence electrons. The van der Waals surface area contributed by atoms with Crippen molar-refractivity contribution in [2.75, 3.05) is 0 Å². The number of hydrogen-bond donors (Lipinski definition) is 2. The summed E-state index contributed by atoms with van der Waals surface area (Å²) in [5.41, 5.74) is -0.469. The number of hydrogen-bond acceptors (Lipinski definition) is 5. The van der Waals surface area contributed by atoms with Crippen molar-refractivity contribution >= 4 is 27.3 Å². The van der Waals surface area contributed by atoms with Gasteiger partial charge in [-0.25, -0.2) is 13.1 Å². The Morgan fingerprint density at radius 3 is 2.62 bits per heavy atom. The predicted octanol–water partition coefficient (Wildman–Crippen LogP) is 1.83. The van der Waals surface area contributed by atoms with Crippen LogP contribution in [0, 0.1) is 10.1 Å². The quantitative estimate of drug-likeness (QED) is 0.644. The third-order valence-electron chi connectivity index (χ3n) is 3.46. The van der Waals surface area contributed by atoms with Crippen LogP contribution in [0.15, 0.2) is 23.1 Å². The lowest BCUT2D eigenvalue weighted by Crippen LogP contribution is -2.44. The first kappa shape index (κ1) is 16.2. The number of nitrogens with one attached hydrogen (secondary N) is 1. The zero-order chi connectivity index (χ0) is 15.6. The largest absolute Gasteiger partial charge is 0.391 e. The van der Waals surface area contributed by atoms with Crippen LogP contribution in [0.1, 0.15) is 25.7 Å². The molecular formula is C12H15ClN2O5S. The Kier molecular flexibility index (Phi) is 4.82. The van der Waals surface area contributed by atoms with E-state index in [9.17, 15) is 23.6 Å². The molecule has 2 atom stereocenters. The van der Waals surface area contributed by atoms with Crippen LogP contribution in [-0.2, 0) is 10.0 Å². The molecule has 0 heterocycles. The van der Waals surface area contributed by atoms with Crippen LogP contribution >= 0.6 is 11.6 Å². The van der Waals surface area contributed by atoms with Crippen LogP contribution in [0.2, 0.25) is 5.02 Å². The van der Waals surface area contributed by atoms with Gasteiger partial charge in [-0.05, 0) is 25.0 Å². The Morgan fingerprint density at radius 1 is 1.33 bits per heavy atom. The third-order valence-corrected chi connectivity index (χ3v) is 5.27. The van der Waals surface area contributed by atoms with Crippen LogP contribution in [0.5, 0.6) is 0 Å². The topological polar surface area (TPSA) is 110 Å². The molecule has 1 saturated carbocycles. The minimum absolute atomic E-state index is 0.128. The van der Waals surface area contributed by atoms with Gasteiger partial charge in [0.1, 0.15) is 5.02 Å². The van der Waals surface area contributed by atoms with Gasteiger partial charge in [0.2, 0.25) is 10.0 Å². The van der Waals surface area contributed by atoms with E-state index >= 15 is 0 Å². The van der Waals surface area contributed by atoms with Gasteiger partial charge in [0.25, 0.3) is 5.69 Å². The fourth-order valence-corrected chi connectivity index (χ4v) is 3.83. The molecule has 1 aliphatic rings. The predicted molar refractivity (Wildman–Crippen MR) is 76.7 cm³/mol. The van der Waals surface area contributed by atoms with Gasteiger partial charge in [0.05, 0.1) is 15.9 Å². The lowest BCUT2D eigenvalue weighted by atomic mass is 9.93. The van der Waals surface area contributed by atoms with E-state index < -0.39 is 32.8 Å². The molecule has 0 spiro atoms. The molecule has 7 nitrogen and oxygen atoms in total. The van der Waals surface area contributed by atoms with E-state index in [0.717, 1.165) is 18.9 Å². The fraction of sp³-hybridized carbons (Fsp3) is 0.500. The van der Waals surface area contributed by atoms with E-state index in [1.54, 1.807) is 0 Å². The average molecular weight is 335 g/mol. The molecule has 2 rings (SSSR count). The van der Waals surface area contributed by atoms with Gasteiger partial charge in [-0.2, -0.15) is 0 Å². The molecule has 0 bridgehead atoms. The van der Waals surface area contributed by atoms with Crippen molar-refractivity contribution in [1.29, 1.82) is 0 Å². The zero-order valence-corrected chi connectivity index (χ0v) is 12.6. The maximum Gasteiger partial charge on any atom is 0.289 e. The van der Waals surface area contributed by atoms with Crippen molar-refractivity contribution < 1.29 is 18.4 Å². The first-order valence-corrected chi connectivity index (χ1v) is 8.32. The smallest absolute Gasteiger partial charge is 0.289 e. The molecular weight excluding hydrogens is 320 g/mol. The molecule has 0 unspecified atom stereocenters. The molecule has 1 aromatic rings. The van der Waals surface area contributed by atoms with Gasteiger partial charge < -0.3 is 5.11 Å². The van der Waals surface area contributed by atoms with Gasteiger partial charge >= 0.3 is 0 Å². The Bertz CT molecular complexity index is 649. The molecule has 0 saturated heterocycles. The van der Waals surface area contributed by atoms with Crippen LogP contribution in [-0.4, -0.2) is 30.6 Å². The lowest BCUT2D eigenvalue weighted by molar-refractivity contribution is -0.384. The first-order chi connectivity index (χ1) is 9.81. The molecule has 9 heteroatoms. The molecule has 0 aromatic heterocycles. The number of aliphatic hydroxyl groups excluding tert-OH is 1. The van der Waals surface area contributed by atoms with Gasteiger partial charge in [-0.3, -0.25) is 10.1 Å². The molecule has 0 aliphatic heterocycles. The number of sulfonamides is 1. The molecule has 0 amide bonds. The molecule has 1 aromatic carbocycles. The van der Waals surface area contributed by atoms with Crippen molar-refractivity contribution in [2.24, 2.45) is 0 Å². The highest BCUT2D eigenvalue weighted by atomic mass is 35.5. The summed E-state index contributed by atoms with van der Waals surface area (Å²) in [5, 5.41) is 20.5. The standard InChI is InChI=1S/C12H15ClN2O5S/c13-9-6-5-8(7-11(9)15(17)18)21(19,20)14-10-3-1-2-4-12(10)16/h5-7,10,12,14,16H,1-4H2/t10-,12-/m0/s1. The van der Waals surface area contributed by atoms with E-state index in [1.165, 1.54) is 12.1 Å². The van der Waals surface area contributed by atoms with Gasteiger partial charge in [-0.15, -0.1) is 0 Å². The number of halogens is 1. The number of rotatable bonds is 4. The highest BCUT2D eigenvalue weighted by Gasteiger charge is 2.29. The Balaban J connectivity index is 2.27. The van der Waals surface area contributed by atoms with E-state index in [-0.39, 0.29) is 9.92 Å². The van der Waals surface area contributed by atoms with Crippen LogP contribution in [0.25, 0.3) is 0 Å². The Hall–Kier alpha value is -1.22. The van der Waals surface area contributed by atoms with Crippen LogP contribution in [0.3, 0.4) is 0 Å². The molecule has 0 radical (unpaired) electrons. The second-order valence-electron chi connectivity index (χ2n) is 4.95. The van der Waals surface area contributed by atoms with E-state index in [0.29, 0.717) is 12.8 Å². The maximum atomic E-state index is 12.2.